The van der Waals surface area contributed by atoms with Crippen molar-refractivity contribution in [2.24, 2.45) is 5.92 Å². The van der Waals surface area contributed by atoms with E-state index < -0.39 is 9.84 Å². The van der Waals surface area contributed by atoms with Gasteiger partial charge < -0.3 is 10.2 Å². The molecule has 108 valence electrons. The van der Waals surface area contributed by atoms with Crippen LogP contribution in [-0.4, -0.2) is 56.4 Å². The normalized spacial score (nSPS) is 20.7. The zero-order chi connectivity index (χ0) is 13.1. The molecular formula is C11H23ClN2O3S. The molecule has 0 radical (unpaired) electrons. The number of carbonyl (C=O) groups excluding carboxylic acids is 1. The Morgan fingerprint density at radius 2 is 2.06 bits per heavy atom. The van der Waals surface area contributed by atoms with Crippen LogP contribution in [-0.2, 0) is 14.6 Å². The van der Waals surface area contributed by atoms with Crippen molar-refractivity contribution >= 4 is 28.2 Å². The van der Waals surface area contributed by atoms with E-state index >= 15 is 0 Å². The molecule has 5 nitrogen and oxygen atoms in total. The minimum atomic E-state index is -3.26. The van der Waals surface area contributed by atoms with Gasteiger partial charge in [0.15, 0.2) is 9.84 Å². The first-order valence-corrected chi connectivity index (χ1v) is 7.84. The Labute approximate surface area is 116 Å². The van der Waals surface area contributed by atoms with E-state index in [1.54, 1.807) is 4.90 Å². The van der Waals surface area contributed by atoms with E-state index in [0.29, 0.717) is 6.54 Å². The number of halogens is 1. The zero-order valence-corrected chi connectivity index (χ0v) is 12.8. The van der Waals surface area contributed by atoms with Crippen molar-refractivity contribution in [2.45, 2.75) is 26.8 Å². The molecular weight excluding hydrogens is 276 g/mol. The molecule has 18 heavy (non-hydrogen) atoms. The highest BCUT2D eigenvalue weighted by Gasteiger charge is 2.27. The van der Waals surface area contributed by atoms with Crippen LogP contribution in [0.4, 0.5) is 0 Å². The summed E-state index contributed by atoms with van der Waals surface area (Å²) in [6.07, 6.45) is 0. The molecule has 1 saturated heterocycles. The fourth-order valence-corrected chi connectivity index (χ4v) is 3.73. The minimum absolute atomic E-state index is 0. The summed E-state index contributed by atoms with van der Waals surface area (Å²) in [5.74, 6) is -0.470. The molecule has 0 spiro atoms. The lowest BCUT2D eigenvalue weighted by Crippen LogP contribution is -2.53. The number of carbonyl (C=O) groups is 1. The Morgan fingerprint density at radius 1 is 1.44 bits per heavy atom. The maximum atomic E-state index is 11.9. The number of hydrogen-bond donors (Lipinski definition) is 1. The summed E-state index contributed by atoms with van der Waals surface area (Å²) >= 11 is 0. The van der Waals surface area contributed by atoms with Gasteiger partial charge in [0.25, 0.3) is 0 Å². The van der Waals surface area contributed by atoms with Gasteiger partial charge in [0.2, 0.25) is 5.91 Å². The number of nitrogens with one attached hydrogen (secondary N) is 1. The van der Waals surface area contributed by atoms with E-state index in [9.17, 15) is 13.2 Å². The summed E-state index contributed by atoms with van der Waals surface area (Å²) < 4.78 is 23.5. The summed E-state index contributed by atoms with van der Waals surface area (Å²) in [6.45, 7) is 7.68. The van der Waals surface area contributed by atoms with Crippen LogP contribution in [0.15, 0.2) is 0 Å². The summed E-state index contributed by atoms with van der Waals surface area (Å²) in [6, 6.07) is 0.0745. The molecule has 1 aliphatic rings. The lowest BCUT2D eigenvalue weighted by Gasteiger charge is -2.34. The van der Waals surface area contributed by atoms with Crippen molar-refractivity contribution in [3.8, 4) is 0 Å². The van der Waals surface area contributed by atoms with Crippen LogP contribution in [0.3, 0.4) is 0 Å². The topological polar surface area (TPSA) is 66.5 Å². The molecule has 1 heterocycles. The molecule has 1 unspecified atom stereocenters. The molecule has 0 saturated carbocycles. The van der Waals surface area contributed by atoms with E-state index in [0.717, 1.165) is 13.1 Å². The molecule has 1 amide bonds. The van der Waals surface area contributed by atoms with Crippen molar-refractivity contribution in [2.75, 3.05) is 31.1 Å². The average molecular weight is 299 g/mol. The van der Waals surface area contributed by atoms with Gasteiger partial charge in [-0.05, 0) is 12.8 Å². The van der Waals surface area contributed by atoms with E-state index in [-0.39, 0.29) is 41.8 Å². The highest BCUT2D eigenvalue weighted by Crippen LogP contribution is 2.07. The van der Waals surface area contributed by atoms with Crippen LogP contribution in [0.1, 0.15) is 20.8 Å². The van der Waals surface area contributed by atoms with Crippen LogP contribution in [0.2, 0.25) is 0 Å². The monoisotopic (exact) mass is 298 g/mol. The third-order valence-electron chi connectivity index (χ3n) is 2.75. The maximum Gasteiger partial charge on any atom is 0.238 e. The Morgan fingerprint density at radius 3 is 2.56 bits per heavy atom. The molecule has 7 heteroatoms. The van der Waals surface area contributed by atoms with Gasteiger partial charge in [0, 0.05) is 25.7 Å². The third kappa shape index (κ3) is 5.54. The van der Waals surface area contributed by atoms with Gasteiger partial charge in [-0.15, -0.1) is 12.4 Å². The van der Waals surface area contributed by atoms with Crippen molar-refractivity contribution < 1.29 is 13.2 Å². The first-order chi connectivity index (χ1) is 7.82. The highest BCUT2D eigenvalue weighted by atomic mass is 35.5. The molecule has 0 aromatic rings. The van der Waals surface area contributed by atoms with Gasteiger partial charge in [-0.3, -0.25) is 4.79 Å². The van der Waals surface area contributed by atoms with Crippen molar-refractivity contribution in [1.82, 2.24) is 10.2 Å². The van der Waals surface area contributed by atoms with Gasteiger partial charge in [-0.2, -0.15) is 0 Å². The van der Waals surface area contributed by atoms with Crippen molar-refractivity contribution in [3.05, 3.63) is 0 Å². The quantitative estimate of drug-likeness (QED) is 0.811. The summed E-state index contributed by atoms with van der Waals surface area (Å²) in [4.78, 5) is 13.6. The Bertz CT molecular complexity index is 370. The summed E-state index contributed by atoms with van der Waals surface area (Å²) in [7, 11) is -3.26. The summed E-state index contributed by atoms with van der Waals surface area (Å²) in [5, 5.41) is 3.17. The molecule has 0 aliphatic carbocycles. The number of amides is 1. The van der Waals surface area contributed by atoms with Gasteiger partial charge in [-0.1, -0.05) is 13.8 Å². The standard InChI is InChI=1S/C11H22N2O3S.ClH/c1-9(2)7-17(15,16)8-11(14)13-5-4-12-6-10(13)3;/h9-10,12H,4-8H2,1-3H3;1H. The molecule has 0 aromatic carbocycles. The van der Waals surface area contributed by atoms with Gasteiger partial charge in [0.1, 0.15) is 5.75 Å². The van der Waals surface area contributed by atoms with E-state index in [4.69, 9.17) is 0 Å². The molecule has 0 bridgehead atoms. The van der Waals surface area contributed by atoms with Crippen LogP contribution in [0.25, 0.3) is 0 Å². The number of nitrogens with zero attached hydrogens (tertiary/aromatic N) is 1. The third-order valence-corrected chi connectivity index (χ3v) is 4.61. The predicted molar refractivity (Wildman–Crippen MR) is 74.8 cm³/mol. The Hall–Kier alpha value is -0.330. The second-order valence-electron chi connectivity index (χ2n) is 5.09. The number of piperazine rings is 1. The van der Waals surface area contributed by atoms with Crippen molar-refractivity contribution in [1.29, 1.82) is 0 Å². The second-order valence-corrected chi connectivity index (χ2v) is 7.20. The van der Waals surface area contributed by atoms with Crippen molar-refractivity contribution in [3.63, 3.8) is 0 Å². The second kappa shape index (κ2) is 7.31. The molecule has 1 atom stereocenters. The first-order valence-electron chi connectivity index (χ1n) is 6.02. The fraction of sp³-hybridized carbons (Fsp3) is 0.909. The Balaban J connectivity index is 0.00000289. The number of hydrogen-bond acceptors (Lipinski definition) is 4. The summed E-state index contributed by atoms with van der Waals surface area (Å²) in [5.41, 5.74) is 0. The van der Waals surface area contributed by atoms with Crippen LogP contribution >= 0.6 is 12.4 Å². The SMILES string of the molecule is CC(C)CS(=O)(=O)CC(=O)N1CCNCC1C.Cl. The van der Waals surface area contributed by atoms with Gasteiger partial charge >= 0.3 is 0 Å². The smallest absolute Gasteiger partial charge is 0.238 e. The Kier molecular flexibility index (Phi) is 7.17. The minimum Gasteiger partial charge on any atom is -0.337 e. The number of sulfone groups is 1. The largest absolute Gasteiger partial charge is 0.337 e. The molecule has 1 aliphatic heterocycles. The van der Waals surface area contributed by atoms with E-state index in [1.807, 2.05) is 20.8 Å². The lowest BCUT2D eigenvalue weighted by atomic mass is 10.2. The van der Waals surface area contributed by atoms with Crippen LogP contribution in [0, 0.1) is 5.92 Å². The van der Waals surface area contributed by atoms with E-state index in [1.165, 1.54) is 0 Å². The van der Waals surface area contributed by atoms with E-state index in [2.05, 4.69) is 5.32 Å². The predicted octanol–water partition coefficient (Wildman–Crippen LogP) is 0.299. The van der Waals surface area contributed by atoms with Crippen LogP contribution < -0.4 is 5.32 Å². The van der Waals surface area contributed by atoms with Gasteiger partial charge in [-0.25, -0.2) is 8.42 Å². The molecule has 1 fully saturated rings. The highest BCUT2D eigenvalue weighted by molar-refractivity contribution is 7.92. The molecule has 1 rings (SSSR count). The molecule has 1 N–H and O–H groups in total. The maximum absolute atomic E-state index is 11.9. The fourth-order valence-electron chi connectivity index (χ4n) is 2.05. The first kappa shape index (κ1) is 17.7. The number of rotatable bonds is 4. The zero-order valence-electron chi connectivity index (χ0n) is 11.2. The average Bonchev–Trinajstić information content (AvgIpc) is 2.14. The molecule has 0 aromatic heterocycles. The van der Waals surface area contributed by atoms with Gasteiger partial charge in [0.05, 0.1) is 5.75 Å². The lowest BCUT2D eigenvalue weighted by molar-refractivity contribution is -0.131. The van der Waals surface area contributed by atoms with Crippen LogP contribution in [0.5, 0.6) is 0 Å².